The van der Waals surface area contributed by atoms with Crippen LogP contribution in [0.2, 0.25) is 0 Å². The van der Waals surface area contributed by atoms with E-state index in [1.54, 1.807) is 35.6 Å². The molecule has 4 nitrogen and oxygen atoms in total. The molecule has 0 aliphatic heterocycles. The number of hydrogen-bond donors (Lipinski definition) is 1. The van der Waals surface area contributed by atoms with Crippen LogP contribution in [0.1, 0.15) is 33.2 Å². The van der Waals surface area contributed by atoms with Gasteiger partial charge in [-0.05, 0) is 60.0 Å². The van der Waals surface area contributed by atoms with Gasteiger partial charge in [0.2, 0.25) is 0 Å². The van der Waals surface area contributed by atoms with Gasteiger partial charge < -0.3 is 10.1 Å². The zero-order valence-corrected chi connectivity index (χ0v) is 14.9. The summed E-state index contributed by atoms with van der Waals surface area (Å²) >= 11 is 1.72. The highest BCUT2D eigenvalue weighted by atomic mass is 32.1. The van der Waals surface area contributed by atoms with Crippen molar-refractivity contribution in [2.45, 2.75) is 19.4 Å². The Hall–Kier alpha value is -2.66. The topological polar surface area (TPSA) is 55.4 Å². The molecule has 2 aromatic carbocycles. The Morgan fingerprint density at radius 2 is 1.76 bits per heavy atom. The molecule has 0 saturated carbocycles. The Kier molecular flexibility index (Phi) is 5.14. The van der Waals surface area contributed by atoms with Crippen LogP contribution in [-0.4, -0.2) is 25.0 Å². The first kappa shape index (κ1) is 17.2. The Morgan fingerprint density at radius 3 is 2.48 bits per heavy atom. The first-order chi connectivity index (χ1) is 12.1. The van der Waals surface area contributed by atoms with E-state index in [-0.39, 0.29) is 11.9 Å². The van der Waals surface area contributed by atoms with Crippen LogP contribution in [0.15, 0.2) is 53.9 Å². The van der Waals surface area contributed by atoms with Crippen LogP contribution < -0.4 is 5.32 Å². The zero-order valence-electron chi connectivity index (χ0n) is 14.1. The molecule has 1 atom stereocenters. The van der Waals surface area contributed by atoms with Gasteiger partial charge in [-0.2, -0.15) is 0 Å². The van der Waals surface area contributed by atoms with Crippen molar-refractivity contribution >= 4 is 33.3 Å². The lowest BCUT2D eigenvalue weighted by Crippen LogP contribution is -2.34. The molecule has 1 N–H and O–H groups in total. The number of hydrogen-bond acceptors (Lipinski definition) is 4. The summed E-state index contributed by atoms with van der Waals surface area (Å²) in [7, 11) is 1.33. The lowest BCUT2D eigenvalue weighted by atomic mass is 10.1. The van der Waals surface area contributed by atoms with E-state index in [4.69, 9.17) is 0 Å². The monoisotopic (exact) mass is 353 g/mol. The number of fused-ring (bicyclic) bond motifs is 1. The van der Waals surface area contributed by atoms with Gasteiger partial charge in [-0.25, -0.2) is 4.79 Å². The van der Waals surface area contributed by atoms with Crippen molar-refractivity contribution in [1.82, 2.24) is 5.32 Å². The van der Waals surface area contributed by atoms with Crippen LogP contribution in [0, 0.1) is 0 Å². The minimum absolute atomic E-state index is 0.00536. The maximum atomic E-state index is 12.4. The van der Waals surface area contributed by atoms with E-state index in [2.05, 4.69) is 27.6 Å². The molecule has 0 saturated heterocycles. The van der Waals surface area contributed by atoms with E-state index in [9.17, 15) is 9.59 Å². The Balaban J connectivity index is 1.65. The molecule has 25 heavy (non-hydrogen) atoms. The van der Waals surface area contributed by atoms with E-state index in [1.165, 1.54) is 22.8 Å². The number of ether oxygens (including phenoxy) is 1. The van der Waals surface area contributed by atoms with Crippen LogP contribution in [0.4, 0.5) is 0 Å². The van der Waals surface area contributed by atoms with Gasteiger partial charge >= 0.3 is 5.97 Å². The lowest BCUT2D eigenvalue weighted by Gasteiger charge is -2.14. The second kappa shape index (κ2) is 7.49. The number of methoxy groups -OCH3 is 1. The zero-order chi connectivity index (χ0) is 17.8. The predicted octanol–water partition coefficient (Wildman–Crippen LogP) is 4.05. The van der Waals surface area contributed by atoms with Crippen molar-refractivity contribution in [2.24, 2.45) is 0 Å². The van der Waals surface area contributed by atoms with Gasteiger partial charge in [-0.15, -0.1) is 11.3 Å². The summed E-state index contributed by atoms with van der Waals surface area (Å²) in [6.45, 7) is 1.99. The molecule has 1 aromatic heterocycles. The molecule has 1 amide bonds. The third kappa shape index (κ3) is 3.88. The molecule has 3 rings (SSSR count). The van der Waals surface area contributed by atoms with Crippen molar-refractivity contribution in [1.29, 1.82) is 0 Å². The second-order valence-corrected chi connectivity index (χ2v) is 6.82. The largest absolute Gasteiger partial charge is 0.465 e. The van der Waals surface area contributed by atoms with Crippen LogP contribution in [0.3, 0.4) is 0 Å². The quantitative estimate of drug-likeness (QED) is 0.704. The van der Waals surface area contributed by atoms with Gasteiger partial charge in [0, 0.05) is 16.3 Å². The smallest absolute Gasteiger partial charge is 0.337 e. The highest BCUT2D eigenvalue weighted by molar-refractivity contribution is 7.17. The molecule has 1 heterocycles. The molecule has 3 aromatic rings. The molecule has 0 radical (unpaired) electrons. The fourth-order valence-electron chi connectivity index (χ4n) is 2.75. The molecule has 5 heteroatoms. The third-order valence-corrected chi connectivity index (χ3v) is 5.05. The van der Waals surface area contributed by atoms with Crippen molar-refractivity contribution in [2.75, 3.05) is 7.11 Å². The lowest BCUT2D eigenvalue weighted by molar-refractivity contribution is 0.0600. The number of amides is 1. The fourth-order valence-corrected chi connectivity index (χ4v) is 3.73. The van der Waals surface area contributed by atoms with Gasteiger partial charge in [-0.3, -0.25) is 4.79 Å². The van der Waals surface area contributed by atoms with Crippen LogP contribution in [0.25, 0.3) is 10.1 Å². The second-order valence-electron chi connectivity index (χ2n) is 5.90. The SMILES string of the molecule is COC(=O)c1ccc(C(=O)N[C@@H](C)Cc2csc3ccccc23)cc1. The number of benzene rings is 2. The number of nitrogens with one attached hydrogen (secondary N) is 1. The minimum atomic E-state index is -0.412. The van der Waals surface area contributed by atoms with E-state index in [0.29, 0.717) is 11.1 Å². The summed E-state index contributed by atoms with van der Waals surface area (Å²) in [4.78, 5) is 23.8. The van der Waals surface area contributed by atoms with E-state index in [0.717, 1.165) is 6.42 Å². The average Bonchev–Trinajstić information content (AvgIpc) is 3.04. The molecule has 128 valence electrons. The maximum absolute atomic E-state index is 12.4. The number of carbonyl (C=O) groups excluding carboxylic acids is 2. The number of rotatable bonds is 5. The summed E-state index contributed by atoms with van der Waals surface area (Å²) in [5, 5.41) is 6.41. The first-order valence-electron chi connectivity index (χ1n) is 8.03. The summed E-state index contributed by atoms with van der Waals surface area (Å²) in [6, 6.07) is 14.7. The van der Waals surface area contributed by atoms with Crippen molar-refractivity contribution < 1.29 is 14.3 Å². The fraction of sp³-hybridized carbons (Fsp3) is 0.200. The molecule has 0 spiro atoms. The molecule has 0 fully saturated rings. The van der Waals surface area contributed by atoms with Crippen molar-refractivity contribution in [3.8, 4) is 0 Å². The summed E-state index contributed by atoms with van der Waals surface area (Å²) < 4.78 is 5.92. The van der Waals surface area contributed by atoms with Gasteiger partial charge in [0.15, 0.2) is 0 Å². The minimum Gasteiger partial charge on any atom is -0.465 e. The third-order valence-electron chi connectivity index (χ3n) is 4.03. The molecule has 0 unspecified atom stereocenters. The number of esters is 1. The maximum Gasteiger partial charge on any atom is 0.337 e. The molecule has 0 aliphatic carbocycles. The van der Waals surface area contributed by atoms with Crippen molar-refractivity contribution in [3.63, 3.8) is 0 Å². The van der Waals surface area contributed by atoms with E-state index < -0.39 is 5.97 Å². The number of thiophene rings is 1. The summed E-state index contributed by atoms with van der Waals surface area (Å²) in [6.07, 6.45) is 0.774. The van der Waals surface area contributed by atoms with Crippen LogP contribution >= 0.6 is 11.3 Å². The molecular weight excluding hydrogens is 334 g/mol. The highest BCUT2D eigenvalue weighted by Gasteiger charge is 2.13. The first-order valence-corrected chi connectivity index (χ1v) is 8.91. The summed E-state index contributed by atoms with van der Waals surface area (Å²) in [5.41, 5.74) is 2.20. The van der Waals surface area contributed by atoms with Gasteiger partial charge in [0.25, 0.3) is 5.91 Å². The van der Waals surface area contributed by atoms with Crippen molar-refractivity contribution in [3.05, 3.63) is 70.6 Å². The summed E-state index contributed by atoms with van der Waals surface area (Å²) in [5.74, 6) is -0.562. The molecule has 0 bridgehead atoms. The van der Waals surface area contributed by atoms with Gasteiger partial charge in [0.1, 0.15) is 0 Å². The predicted molar refractivity (Wildman–Crippen MR) is 100 cm³/mol. The van der Waals surface area contributed by atoms with Gasteiger partial charge in [-0.1, -0.05) is 18.2 Å². The molecule has 0 aliphatic rings. The highest BCUT2D eigenvalue weighted by Crippen LogP contribution is 2.26. The number of carbonyl (C=O) groups is 2. The Labute approximate surface area is 150 Å². The van der Waals surface area contributed by atoms with Gasteiger partial charge in [0.05, 0.1) is 12.7 Å². The van der Waals surface area contributed by atoms with E-state index >= 15 is 0 Å². The Morgan fingerprint density at radius 1 is 1.08 bits per heavy atom. The molecular formula is C20H19NO3S. The average molecular weight is 353 g/mol. The van der Waals surface area contributed by atoms with E-state index in [1.807, 2.05) is 19.1 Å². The van der Waals surface area contributed by atoms with Crippen LogP contribution in [-0.2, 0) is 11.2 Å². The Bertz CT molecular complexity index is 899. The normalized spacial score (nSPS) is 11.9. The van der Waals surface area contributed by atoms with Crippen LogP contribution in [0.5, 0.6) is 0 Å². The standard InChI is InChI=1S/C20H19NO3S/c1-13(11-16-12-25-18-6-4-3-5-17(16)18)21-19(22)14-7-9-15(10-8-14)20(23)24-2/h3-10,12-13H,11H2,1-2H3,(H,21,22)/t13-/m0/s1.